The van der Waals surface area contributed by atoms with Gasteiger partial charge in [0.25, 0.3) is 0 Å². The fraction of sp³-hybridized carbons (Fsp3) is 0.714. The summed E-state index contributed by atoms with van der Waals surface area (Å²) in [6.07, 6.45) is 3.45. The Kier molecular flexibility index (Phi) is 5.88. The summed E-state index contributed by atoms with van der Waals surface area (Å²) in [6, 6.07) is 1.58. The van der Waals surface area contributed by atoms with Crippen LogP contribution < -0.4 is 10.0 Å². The highest BCUT2D eigenvalue weighted by Crippen LogP contribution is 2.36. The maximum absolute atomic E-state index is 12.3. The van der Waals surface area contributed by atoms with Crippen LogP contribution in [0.2, 0.25) is 0 Å². The van der Waals surface area contributed by atoms with Crippen molar-refractivity contribution < 1.29 is 12.8 Å². The fourth-order valence-electron chi connectivity index (χ4n) is 2.21. The Morgan fingerprint density at radius 3 is 2.81 bits per heavy atom. The van der Waals surface area contributed by atoms with E-state index in [1.807, 2.05) is 0 Å². The molecule has 0 bridgehead atoms. The maximum atomic E-state index is 12.3. The van der Waals surface area contributed by atoms with Crippen LogP contribution in [0.3, 0.4) is 0 Å². The van der Waals surface area contributed by atoms with Crippen molar-refractivity contribution in [2.24, 2.45) is 11.8 Å². The Hall–Kier alpha value is -0.370. The van der Waals surface area contributed by atoms with Gasteiger partial charge in [0, 0.05) is 12.6 Å². The van der Waals surface area contributed by atoms with E-state index in [0.717, 1.165) is 13.0 Å². The van der Waals surface area contributed by atoms with Crippen LogP contribution in [0, 0.1) is 11.8 Å². The van der Waals surface area contributed by atoms with Crippen LogP contribution in [0.15, 0.2) is 20.0 Å². The molecule has 0 radical (unpaired) electrons. The van der Waals surface area contributed by atoms with E-state index in [4.69, 9.17) is 4.42 Å². The quantitative estimate of drug-likeness (QED) is 0.648. The highest BCUT2D eigenvalue weighted by molar-refractivity contribution is 9.10. The van der Waals surface area contributed by atoms with E-state index < -0.39 is 10.0 Å². The van der Waals surface area contributed by atoms with E-state index in [-0.39, 0.29) is 9.56 Å². The van der Waals surface area contributed by atoms with Gasteiger partial charge in [-0.15, -0.1) is 0 Å². The Balaban J connectivity index is 1.97. The lowest BCUT2D eigenvalue weighted by Gasteiger charge is -2.11. The van der Waals surface area contributed by atoms with Crippen molar-refractivity contribution in [3.8, 4) is 0 Å². The van der Waals surface area contributed by atoms with Gasteiger partial charge in [-0.3, -0.25) is 0 Å². The van der Waals surface area contributed by atoms with E-state index in [0.29, 0.717) is 30.7 Å². The molecule has 0 amide bonds. The first-order valence-corrected chi connectivity index (χ1v) is 9.70. The number of sulfonamides is 1. The van der Waals surface area contributed by atoms with Crippen molar-refractivity contribution >= 4 is 26.0 Å². The van der Waals surface area contributed by atoms with Crippen LogP contribution in [0.4, 0.5) is 0 Å². The second kappa shape index (κ2) is 7.26. The van der Waals surface area contributed by atoms with Gasteiger partial charge in [0.2, 0.25) is 10.0 Å². The molecule has 1 atom stereocenters. The normalized spacial score (nSPS) is 17.1. The van der Waals surface area contributed by atoms with Crippen molar-refractivity contribution in [3.63, 3.8) is 0 Å². The lowest BCUT2D eigenvalue weighted by molar-refractivity contribution is 0.460. The Morgan fingerprint density at radius 1 is 1.48 bits per heavy atom. The number of hydrogen-bond acceptors (Lipinski definition) is 4. The Morgan fingerprint density at radius 2 is 2.19 bits per heavy atom. The average Bonchev–Trinajstić information content (AvgIpc) is 3.20. The van der Waals surface area contributed by atoms with Crippen LogP contribution in [0.5, 0.6) is 0 Å². The molecule has 0 aliphatic heterocycles. The summed E-state index contributed by atoms with van der Waals surface area (Å²) >= 11 is 3.20. The third kappa shape index (κ3) is 4.81. The second-order valence-corrected chi connectivity index (χ2v) is 8.15. The summed E-state index contributed by atoms with van der Waals surface area (Å²) < 4.78 is 33.0. The molecule has 1 heterocycles. The third-order valence-electron chi connectivity index (χ3n) is 3.74. The van der Waals surface area contributed by atoms with Crippen LogP contribution in [0.25, 0.3) is 0 Å². The van der Waals surface area contributed by atoms with E-state index in [1.54, 1.807) is 6.07 Å². The van der Waals surface area contributed by atoms with Gasteiger partial charge in [0.15, 0.2) is 4.67 Å². The minimum Gasteiger partial charge on any atom is -0.452 e. The van der Waals surface area contributed by atoms with Gasteiger partial charge in [-0.25, -0.2) is 13.1 Å². The van der Waals surface area contributed by atoms with E-state index in [9.17, 15) is 8.42 Å². The molecule has 5 nitrogen and oxygen atoms in total. The zero-order valence-corrected chi connectivity index (χ0v) is 14.9. The molecule has 2 N–H and O–H groups in total. The van der Waals surface area contributed by atoms with Crippen molar-refractivity contribution in [2.45, 2.75) is 44.6 Å². The van der Waals surface area contributed by atoms with Crippen LogP contribution in [-0.4, -0.2) is 21.5 Å². The number of halogens is 1. The zero-order valence-electron chi connectivity index (χ0n) is 12.5. The largest absolute Gasteiger partial charge is 0.452 e. The SMILES string of the molecule is CCCNCc1cc(S(=O)(=O)NCC(C)C2CC2)c(Br)o1. The predicted molar refractivity (Wildman–Crippen MR) is 85.5 cm³/mol. The summed E-state index contributed by atoms with van der Waals surface area (Å²) in [5, 5.41) is 3.19. The molecule has 0 saturated heterocycles. The van der Waals surface area contributed by atoms with Crippen LogP contribution in [0.1, 0.15) is 38.9 Å². The molecular weight excluding hydrogens is 356 g/mol. The molecule has 120 valence electrons. The topological polar surface area (TPSA) is 71.3 Å². The number of nitrogens with one attached hydrogen (secondary N) is 2. The molecule has 1 saturated carbocycles. The van der Waals surface area contributed by atoms with Gasteiger partial charge >= 0.3 is 0 Å². The molecule has 1 unspecified atom stereocenters. The first-order chi connectivity index (χ1) is 9.94. The van der Waals surface area contributed by atoms with Gasteiger partial charge in [-0.2, -0.15) is 0 Å². The Labute approximate surface area is 135 Å². The first kappa shape index (κ1) is 17.0. The van der Waals surface area contributed by atoms with Crippen molar-refractivity contribution in [2.75, 3.05) is 13.1 Å². The third-order valence-corrected chi connectivity index (χ3v) is 6.02. The van der Waals surface area contributed by atoms with E-state index in [2.05, 4.69) is 39.8 Å². The highest BCUT2D eigenvalue weighted by Gasteiger charge is 2.30. The monoisotopic (exact) mass is 378 g/mol. The van der Waals surface area contributed by atoms with Gasteiger partial charge in [0.05, 0.1) is 6.54 Å². The molecule has 1 aromatic rings. The van der Waals surface area contributed by atoms with Crippen molar-refractivity contribution in [3.05, 3.63) is 16.5 Å². The van der Waals surface area contributed by atoms with Gasteiger partial charge in [-0.1, -0.05) is 13.8 Å². The van der Waals surface area contributed by atoms with Crippen molar-refractivity contribution in [1.29, 1.82) is 0 Å². The number of rotatable bonds is 9. The molecule has 2 rings (SSSR count). The summed E-state index contributed by atoms with van der Waals surface area (Å²) in [5.41, 5.74) is 0. The minimum atomic E-state index is -3.52. The minimum absolute atomic E-state index is 0.179. The molecule has 0 aromatic carbocycles. The maximum Gasteiger partial charge on any atom is 0.244 e. The lowest BCUT2D eigenvalue weighted by atomic mass is 10.1. The first-order valence-electron chi connectivity index (χ1n) is 7.42. The van der Waals surface area contributed by atoms with Gasteiger partial charge in [0.1, 0.15) is 10.7 Å². The smallest absolute Gasteiger partial charge is 0.244 e. The summed E-state index contributed by atoms with van der Waals surface area (Å²) in [7, 11) is -3.52. The highest BCUT2D eigenvalue weighted by atomic mass is 79.9. The molecule has 7 heteroatoms. The lowest BCUT2D eigenvalue weighted by Crippen LogP contribution is -2.29. The van der Waals surface area contributed by atoms with Gasteiger partial charge < -0.3 is 9.73 Å². The number of hydrogen-bond donors (Lipinski definition) is 2. The molecule has 0 spiro atoms. The fourth-order valence-corrected chi connectivity index (χ4v) is 4.35. The zero-order chi connectivity index (χ0) is 15.5. The molecule has 21 heavy (non-hydrogen) atoms. The molecule has 1 aromatic heterocycles. The van der Waals surface area contributed by atoms with Crippen LogP contribution >= 0.6 is 15.9 Å². The van der Waals surface area contributed by atoms with Gasteiger partial charge in [-0.05, 0) is 53.6 Å². The summed E-state index contributed by atoms with van der Waals surface area (Å²) in [6.45, 7) is 6.04. The molecular formula is C14H23BrN2O3S. The molecule has 1 aliphatic carbocycles. The van der Waals surface area contributed by atoms with Crippen molar-refractivity contribution in [1.82, 2.24) is 10.0 Å². The van der Waals surface area contributed by atoms with E-state index in [1.165, 1.54) is 12.8 Å². The molecule has 1 fully saturated rings. The predicted octanol–water partition coefficient (Wildman–Crippen LogP) is 2.87. The standard InChI is InChI=1S/C14H23BrN2O3S/c1-3-6-16-9-12-7-13(14(15)20-12)21(18,19)17-8-10(2)11-4-5-11/h7,10-11,16-17H,3-6,8-9H2,1-2H3. The van der Waals surface area contributed by atoms with E-state index >= 15 is 0 Å². The summed E-state index contributed by atoms with van der Waals surface area (Å²) in [5.74, 6) is 1.68. The molecule has 1 aliphatic rings. The van der Waals surface area contributed by atoms with Crippen LogP contribution in [-0.2, 0) is 16.6 Å². The summed E-state index contributed by atoms with van der Waals surface area (Å²) in [4.78, 5) is 0.179. The second-order valence-electron chi connectivity index (χ2n) is 5.69. The number of furan rings is 1. The Bertz CT molecular complexity index is 567. The average molecular weight is 379 g/mol.